The topological polar surface area (TPSA) is 147 Å². The summed E-state index contributed by atoms with van der Waals surface area (Å²) >= 11 is 0. The Hall–Kier alpha value is -4.44. The van der Waals surface area contributed by atoms with E-state index in [0.29, 0.717) is 5.84 Å². The highest BCUT2D eigenvalue weighted by Gasteiger charge is 2.11. The van der Waals surface area contributed by atoms with Gasteiger partial charge in [0.05, 0.1) is 6.42 Å². The highest BCUT2D eigenvalue weighted by molar-refractivity contribution is 5.98. The predicted octanol–water partition coefficient (Wildman–Crippen LogP) is 1.72. The lowest BCUT2D eigenvalue weighted by molar-refractivity contribution is -0.115. The maximum atomic E-state index is 12.5. The number of aryl methyl sites for hydroxylation is 1. The minimum absolute atomic E-state index is 0.145. The number of carbonyl (C=O) groups is 2. The summed E-state index contributed by atoms with van der Waals surface area (Å²) in [5, 5.41) is 12.7. The van der Waals surface area contributed by atoms with Crippen LogP contribution in [0.15, 0.2) is 71.1 Å². The molecule has 10 heteroatoms. The zero-order chi connectivity index (χ0) is 23.6. The molecule has 10 nitrogen and oxygen atoms in total. The molecule has 0 aliphatic rings. The van der Waals surface area contributed by atoms with Crippen molar-refractivity contribution >= 4 is 30.2 Å². The van der Waals surface area contributed by atoms with Gasteiger partial charge in [0, 0.05) is 24.9 Å². The van der Waals surface area contributed by atoms with E-state index in [0.717, 1.165) is 22.3 Å². The summed E-state index contributed by atoms with van der Waals surface area (Å²) in [4.78, 5) is 32.9. The van der Waals surface area contributed by atoms with Crippen LogP contribution in [0, 0.1) is 6.92 Å². The lowest BCUT2D eigenvalue weighted by atomic mass is 10.1. The molecule has 2 aromatic carbocycles. The smallest absolute Gasteiger partial charge is 0.270 e. The summed E-state index contributed by atoms with van der Waals surface area (Å²) in [6, 6.07) is 16.4. The first kappa shape index (κ1) is 23.2. The average molecular weight is 444 g/mol. The normalized spacial score (nSPS) is 10.9. The molecule has 1 heterocycles. The van der Waals surface area contributed by atoms with Crippen molar-refractivity contribution in [2.45, 2.75) is 19.9 Å². The van der Waals surface area contributed by atoms with Crippen molar-refractivity contribution < 1.29 is 9.59 Å². The van der Waals surface area contributed by atoms with Gasteiger partial charge in [-0.15, -0.1) is 5.10 Å². The summed E-state index contributed by atoms with van der Waals surface area (Å²) in [6.45, 7) is 5.54. The van der Waals surface area contributed by atoms with E-state index in [9.17, 15) is 9.59 Å². The van der Waals surface area contributed by atoms with Crippen LogP contribution in [0.3, 0.4) is 0 Å². The Morgan fingerprint density at radius 1 is 1.06 bits per heavy atom. The van der Waals surface area contributed by atoms with Gasteiger partial charge >= 0.3 is 0 Å². The van der Waals surface area contributed by atoms with Crippen LogP contribution in [0.1, 0.15) is 32.7 Å². The van der Waals surface area contributed by atoms with E-state index in [1.54, 1.807) is 12.1 Å². The summed E-state index contributed by atoms with van der Waals surface area (Å²) in [6.07, 6.45) is 1.44. The molecule has 0 spiro atoms. The molecule has 0 aliphatic carbocycles. The quantitative estimate of drug-likeness (QED) is 0.180. The molecule has 5 N–H and O–H groups in total. The van der Waals surface area contributed by atoms with E-state index in [2.05, 4.69) is 42.9 Å². The first-order valence-electron chi connectivity index (χ1n) is 10.0. The van der Waals surface area contributed by atoms with Crippen molar-refractivity contribution in [3.8, 4) is 0 Å². The fourth-order valence-electron chi connectivity index (χ4n) is 3.04. The van der Waals surface area contributed by atoms with E-state index in [1.807, 2.05) is 43.3 Å². The molecule has 0 saturated heterocycles. The summed E-state index contributed by atoms with van der Waals surface area (Å²) in [7, 11) is 0. The van der Waals surface area contributed by atoms with Gasteiger partial charge in [-0.25, -0.2) is 15.8 Å². The van der Waals surface area contributed by atoms with Crippen LogP contribution in [0.2, 0.25) is 0 Å². The highest BCUT2D eigenvalue weighted by atomic mass is 16.2. The Balaban J connectivity index is 1.57. The zero-order valence-electron chi connectivity index (χ0n) is 18.1. The van der Waals surface area contributed by atoms with Crippen molar-refractivity contribution in [3.05, 3.63) is 88.9 Å². The molecule has 2 amide bonds. The molecule has 33 heavy (non-hydrogen) atoms. The van der Waals surface area contributed by atoms with E-state index in [1.165, 1.54) is 12.4 Å². The van der Waals surface area contributed by atoms with Gasteiger partial charge in [0.25, 0.3) is 5.91 Å². The van der Waals surface area contributed by atoms with Crippen LogP contribution in [0.4, 0.5) is 5.82 Å². The minimum atomic E-state index is -0.391. The number of benzene rings is 2. The summed E-state index contributed by atoms with van der Waals surface area (Å²) in [5.41, 5.74) is 6.15. The van der Waals surface area contributed by atoms with E-state index < -0.39 is 5.91 Å². The molecule has 3 aromatic rings. The Labute approximate surface area is 191 Å². The number of aromatic nitrogens is 2. The summed E-state index contributed by atoms with van der Waals surface area (Å²) < 4.78 is 0. The van der Waals surface area contributed by atoms with Crippen molar-refractivity contribution in [1.29, 1.82) is 0 Å². The summed E-state index contributed by atoms with van der Waals surface area (Å²) in [5.74, 6) is 5.43. The molecule has 0 aliphatic heterocycles. The third-order valence-electron chi connectivity index (χ3n) is 4.60. The van der Waals surface area contributed by atoms with Crippen LogP contribution in [-0.2, 0) is 17.8 Å². The van der Waals surface area contributed by atoms with Crippen molar-refractivity contribution in [3.63, 3.8) is 0 Å². The number of amidine groups is 1. The molecule has 1 aromatic heterocycles. The van der Waals surface area contributed by atoms with Gasteiger partial charge in [0.2, 0.25) is 5.91 Å². The Kier molecular flexibility index (Phi) is 7.92. The van der Waals surface area contributed by atoms with E-state index >= 15 is 0 Å². The third-order valence-corrected chi connectivity index (χ3v) is 4.60. The lowest BCUT2D eigenvalue weighted by Gasteiger charge is -2.08. The largest absolute Gasteiger partial charge is 0.347 e. The molecule has 0 bridgehead atoms. The van der Waals surface area contributed by atoms with Crippen LogP contribution < -0.4 is 21.9 Å². The number of nitrogens with two attached hydrogens (primary N) is 1. The van der Waals surface area contributed by atoms with E-state index in [4.69, 9.17) is 5.84 Å². The van der Waals surface area contributed by atoms with Crippen molar-refractivity contribution in [2.24, 2.45) is 16.0 Å². The number of nitrogens with zero attached hydrogens (tertiary/aromatic N) is 4. The van der Waals surface area contributed by atoms with Crippen molar-refractivity contribution in [1.82, 2.24) is 20.7 Å². The van der Waals surface area contributed by atoms with Gasteiger partial charge in [0.15, 0.2) is 5.84 Å². The Bertz CT molecular complexity index is 1180. The van der Waals surface area contributed by atoms with Crippen LogP contribution in [0.5, 0.6) is 0 Å². The Morgan fingerprint density at radius 3 is 2.55 bits per heavy atom. The zero-order valence-corrected chi connectivity index (χ0v) is 18.1. The average Bonchev–Trinajstić information content (AvgIpc) is 2.81. The minimum Gasteiger partial charge on any atom is -0.347 e. The van der Waals surface area contributed by atoms with Crippen LogP contribution >= 0.6 is 0 Å². The number of carbonyl (C=O) groups excluding carboxylic acids is 2. The number of anilines is 1. The lowest BCUT2D eigenvalue weighted by Crippen LogP contribution is -2.30. The number of hydrazine groups is 1. The van der Waals surface area contributed by atoms with Gasteiger partial charge in [-0.2, -0.15) is 5.10 Å². The van der Waals surface area contributed by atoms with Crippen LogP contribution in [-0.4, -0.2) is 34.3 Å². The fourth-order valence-corrected chi connectivity index (χ4v) is 3.04. The molecular formula is C23H24N8O2. The second kappa shape index (κ2) is 11.3. The second-order valence-electron chi connectivity index (χ2n) is 7.12. The Morgan fingerprint density at radius 2 is 1.85 bits per heavy atom. The third kappa shape index (κ3) is 6.77. The maximum Gasteiger partial charge on any atom is 0.270 e. The number of hydrogen-bond acceptors (Lipinski definition) is 7. The highest BCUT2D eigenvalue weighted by Crippen LogP contribution is 2.09. The standard InChI is InChI=1S/C23H24N8O2/c1-15-4-3-5-17(10-15)11-21(32)29-20-12-19(27-14-28-20)23(33)26-13-16-6-8-18(9-7-16)22(30-24)31-25-2/h3-10,12,14H,2,11,13,24H2,1H3,(H,26,33)(H,30,31)(H,27,28,29,32). The second-order valence-corrected chi connectivity index (χ2v) is 7.12. The number of rotatable bonds is 8. The predicted molar refractivity (Wildman–Crippen MR) is 127 cm³/mol. The first-order valence-corrected chi connectivity index (χ1v) is 10.0. The molecule has 0 fully saturated rings. The molecule has 0 saturated carbocycles. The maximum absolute atomic E-state index is 12.5. The molecular weight excluding hydrogens is 420 g/mol. The number of nitrogens with one attached hydrogen (secondary N) is 3. The first-order chi connectivity index (χ1) is 16.0. The molecule has 0 atom stereocenters. The number of amides is 2. The van der Waals surface area contributed by atoms with Gasteiger partial charge in [-0.3, -0.25) is 9.59 Å². The monoisotopic (exact) mass is 444 g/mol. The van der Waals surface area contributed by atoms with Crippen molar-refractivity contribution in [2.75, 3.05) is 5.32 Å². The van der Waals surface area contributed by atoms with E-state index in [-0.39, 0.29) is 30.4 Å². The molecule has 0 unspecified atom stereocenters. The fraction of sp³-hybridized carbons (Fsp3) is 0.130. The van der Waals surface area contributed by atoms with Gasteiger partial charge in [-0.05, 0) is 18.1 Å². The molecule has 0 radical (unpaired) electrons. The number of hydrogen-bond donors (Lipinski definition) is 4. The SMILES string of the molecule is C=N/N=C(\NN)c1ccc(CNC(=O)c2cc(NC(=O)Cc3cccc(C)c3)ncn2)cc1. The molecule has 3 rings (SSSR count). The van der Waals surface area contributed by atoms with Crippen LogP contribution in [0.25, 0.3) is 0 Å². The van der Waals surface area contributed by atoms with Gasteiger partial charge < -0.3 is 16.1 Å². The van der Waals surface area contributed by atoms with Gasteiger partial charge in [0.1, 0.15) is 17.8 Å². The molecule has 168 valence electrons. The van der Waals surface area contributed by atoms with Gasteiger partial charge in [-0.1, -0.05) is 54.1 Å².